The zero-order chi connectivity index (χ0) is 11.9. The second kappa shape index (κ2) is 3.57. The number of methoxy groups -OCH3 is 1. The van der Waals surface area contributed by atoms with Crippen molar-refractivity contribution in [1.82, 2.24) is 0 Å². The predicted molar refractivity (Wildman–Crippen MR) is 54.9 cm³/mol. The molecule has 2 nitrogen and oxygen atoms in total. The van der Waals surface area contributed by atoms with Gasteiger partial charge in [-0.1, -0.05) is 6.92 Å². The normalized spacial score (nSPS) is 19.2. The summed E-state index contributed by atoms with van der Waals surface area (Å²) in [6.07, 6.45) is -4.38. The van der Waals surface area contributed by atoms with Gasteiger partial charge in [0.25, 0.3) is 0 Å². The Balaban J connectivity index is 2.56. The third-order valence-corrected chi connectivity index (χ3v) is 2.81. The lowest BCUT2D eigenvalue weighted by molar-refractivity contribution is -0.138. The first kappa shape index (κ1) is 11.1. The van der Waals surface area contributed by atoms with Crippen molar-refractivity contribution < 1.29 is 17.9 Å². The third kappa shape index (κ3) is 1.70. The van der Waals surface area contributed by atoms with E-state index in [1.807, 2.05) is 6.92 Å². The van der Waals surface area contributed by atoms with Gasteiger partial charge < -0.3 is 10.1 Å². The maximum absolute atomic E-state index is 12.7. The van der Waals surface area contributed by atoms with Crippen LogP contribution in [0.3, 0.4) is 0 Å². The van der Waals surface area contributed by atoms with Crippen molar-refractivity contribution in [3.63, 3.8) is 0 Å². The van der Waals surface area contributed by atoms with E-state index < -0.39 is 11.7 Å². The smallest absolute Gasteiger partial charge is 0.420 e. The van der Waals surface area contributed by atoms with Gasteiger partial charge >= 0.3 is 6.18 Å². The van der Waals surface area contributed by atoms with E-state index in [4.69, 9.17) is 4.74 Å². The molecule has 2 rings (SSSR count). The van der Waals surface area contributed by atoms with Crippen LogP contribution in [0.15, 0.2) is 12.1 Å². The Kier molecular flexibility index (Phi) is 2.48. The van der Waals surface area contributed by atoms with Crippen molar-refractivity contribution in [2.45, 2.75) is 19.0 Å². The molecule has 1 aliphatic heterocycles. The molecule has 88 valence electrons. The van der Waals surface area contributed by atoms with Gasteiger partial charge in [-0.2, -0.15) is 13.2 Å². The van der Waals surface area contributed by atoms with Crippen LogP contribution in [0.25, 0.3) is 0 Å². The Hall–Kier alpha value is -1.39. The first-order valence-electron chi connectivity index (χ1n) is 4.96. The van der Waals surface area contributed by atoms with Crippen molar-refractivity contribution in [2.24, 2.45) is 0 Å². The molecule has 0 fully saturated rings. The molecule has 1 atom stereocenters. The molecule has 0 radical (unpaired) electrons. The monoisotopic (exact) mass is 231 g/mol. The summed E-state index contributed by atoms with van der Waals surface area (Å²) in [5.74, 6) is 0.105. The lowest BCUT2D eigenvalue weighted by Crippen LogP contribution is -2.08. The van der Waals surface area contributed by atoms with E-state index in [2.05, 4.69) is 5.32 Å². The molecule has 0 aromatic heterocycles. The first-order chi connectivity index (χ1) is 7.43. The molecule has 0 amide bonds. The summed E-state index contributed by atoms with van der Waals surface area (Å²) in [6, 6.07) is 2.60. The van der Waals surface area contributed by atoms with Gasteiger partial charge in [-0.15, -0.1) is 0 Å². The van der Waals surface area contributed by atoms with Gasteiger partial charge in [-0.05, 0) is 17.7 Å². The van der Waals surface area contributed by atoms with Crippen molar-refractivity contribution >= 4 is 5.69 Å². The van der Waals surface area contributed by atoms with Gasteiger partial charge in [0, 0.05) is 18.2 Å². The van der Waals surface area contributed by atoms with Gasteiger partial charge in [0.2, 0.25) is 0 Å². The quantitative estimate of drug-likeness (QED) is 0.801. The fourth-order valence-corrected chi connectivity index (χ4v) is 1.92. The highest BCUT2D eigenvalue weighted by Gasteiger charge is 2.36. The average molecular weight is 231 g/mol. The molecule has 5 heteroatoms. The molecule has 1 aromatic rings. The minimum Gasteiger partial charge on any atom is -0.496 e. The van der Waals surface area contributed by atoms with Crippen LogP contribution < -0.4 is 10.1 Å². The number of fused-ring (bicyclic) bond motifs is 1. The number of anilines is 1. The summed E-state index contributed by atoms with van der Waals surface area (Å²) < 4.78 is 42.9. The molecule has 0 saturated heterocycles. The summed E-state index contributed by atoms with van der Waals surface area (Å²) in [5.41, 5.74) is 0.709. The van der Waals surface area contributed by atoms with Crippen LogP contribution in [-0.4, -0.2) is 13.7 Å². The summed E-state index contributed by atoms with van der Waals surface area (Å²) >= 11 is 0. The van der Waals surface area contributed by atoms with Crippen molar-refractivity contribution in [1.29, 1.82) is 0 Å². The Morgan fingerprint density at radius 3 is 2.62 bits per heavy atom. The Morgan fingerprint density at radius 2 is 2.06 bits per heavy atom. The zero-order valence-corrected chi connectivity index (χ0v) is 8.98. The van der Waals surface area contributed by atoms with E-state index in [-0.39, 0.29) is 11.7 Å². The number of nitrogens with one attached hydrogen (secondary N) is 1. The van der Waals surface area contributed by atoms with Crippen LogP contribution >= 0.6 is 0 Å². The molecular weight excluding hydrogens is 219 g/mol. The SMILES string of the molecule is COc1cc2c(cc1C(F)(F)F)NCC2C. The van der Waals surface area contributed by atoms with Gasteiger partial charge in [-0.25, -0.2) is 0 Å². The molecular formula is C11H12F3NO. The highest BCUT2D eigenvalue weighted by molar-refractivity contribution is 5.63. The fraction of sp³-hybridized carbons (Fsp3) is 0.455. The number of ether oxygens (including phenoxy) is 1. The topological polar surface area (TPSA) is 21.3 Å². The Bertz CT molecular complexity index is 414. The van der Waals surface area contributed by atoms with Crippen LogP contribution in [-0.2, 0) is 6.18 Å². The van der Waals surface area contributed by atoms with E-state index in [1.165, 1.54) is 13.2 Å². The summed E-state index contributed by atoms with van der Waals surface area (Å²) in [6.45, 7) is 2.63. The highest BCUT2D eigenvalue weighted by atomic mass is 19.4. The molecule has 0 bridgehead atoms. The van der Waals surface area contributed by atoms with Crippen LogP contribution in [0.5, 0.6) is 5.75 Å². The Labute approximate surface area is 91.4 Å². The van der Waals surface area contributed by atoms with E-state index in [0.29, 0.717) is 12.2 Å². The number of hydrogen-bond donors (Lipinski definition) is 1. The molecule has 1 aromatic carbocycles. The lowest BCUT2D eigenvalue weighted by atomic mass is 10.0. The standard InChI is InChI=1S/C11H12F3NO/c1-6-5-15-9-4-8(11(12,13)14)10(16-2)3-7(6)9/h3-4,6,15H,5H2,1-2H3. The summed E-state index contributed by atoms with van der Waals surface area (Å²) in [5, 5.41) is 2.96. The molecule has 1 aliphatic rings. The number of rotatable bonds is 1. The second-order valence-corrected chi connectivity index (χ2v) is 3.92. The molecule has 1 unspecified atom stereocenters. The lowest BCUT2D eigenvalue weighted by Gasteiger charge is -2.14. The number of alkyl halides is 3. The maximum atomic E-state index is 12.7. The van der Waals surface area contributed by atoms with E-state index in [9.17, 15) is 13.2 Å². The largest absolute Gasteiger partial charge is 0.496 e. The van der Waals surface area contributed by atoms with E-state index >= 15 is 0 Å². The third-order valence-electron chi connectivity index (χ3n) is 2.81. The molecule has 0 saturated carbocycles. The molecule has 1 N–H and O–H groups in total. The summed E-state index contributed by atoms with van der Waals surface area (Å²) in [7, 11) is 1.25. The molecule has 0 aliphatic carbocycles. The fourth-order valence-electron chi connectivity index (χ4n) is 1.92. The number of hydrogen-bond acceptors (Lipinski definition) is 2. The molecule has 0 spiro atoms. The second-order valence-electron chi connectivity index (χ2n) is 3.92. The minimum absolute atomic E-state index is 0.109. The summed E-state index contributed by atoms with van der Waals surface area (Å²) in [4.78, 5) is 0. The first-order valence-corrected chi connectivity index (χ1v) is 4.96. The predicted octanol–water partition coefficient (Wildman–Crippen LogP) is 3.24. The molecule has 16 heavy (non-hydrogen) atoms. The minimum atomic E-state index is -4.38. The van der Waals surface area contributed by atoms with Gasteiger partial charge in [0.15, 0.2) is 0 Å². The zero-order valence-electron chi connectivity index (χ0n) is 8.98. The number of halogens is 3. The van der Waals surface area contributed by atoms with Gasteiger partial charge in [0.05, 0.1) is 12.7 Å². The van der Waals surface area contributed by atoms with Crippen LogP contribution in [0, 0.1) is 0 Å². The maximum Gasteiger partial charge on any atom is 0.420 e. The van der Waals surface area contributed by atoms with Crippen molar-refractivity contribution in [3.05, 3.63) is 23.3 Å². The van der Waals surface area contributed by atoms with Gasteiger partial charge in [-0.3, -0.25) is 0 Å². The Morgan fingerprint density at radius 1 is 1.38 bits per heavy atom. The van der Waals surface area contributed by atoms with Crippen LogP contribution in [0.1, 0.15) is 24.0 Å². The highest BCUT2D eigenvalue weighted by Crippen LogP contribution is 2.42. The van der Waals surface area contributed by atoms with Crippen molar-refractivity contribution in [2.75, 3.05) is 19.0 Å². The van der Waals surface area contributed by atoms with Crippen LogP contribution in [0.4, 0.5) is 18.9 Å². The number of benzene rings is 1. The average Bonchev–Trinajstić information content (AvgIpc) is 2.57. The van der Waals surface area contributed by atoms with Gasteiger partial charge in [0.1, 0.15) is 5.75 Å². The van der Waals surface area contributed by atoms with Crippen molar-refractivity contribution in [3.8, 4) is 5.75 Å². The molecule has 1 heterocycles. The van der Waals surface area contributed by atoms with Crippen LogP contribution in [0.2, 0.25) is 0 Å². The van der Waals surface area contributed by atoms with E-state index in [0.717, 1.165) is 11.6 Å². The van der Waals surface area contributed by atoms with E-state index in [1.54, 1.807) is 0 Å².